The zero-order chi connectivity index (χ0) is 18.4. The summed E-state index contributed by atoms with van der Waals surface area (Å²) in [5.41, 5.74) is 1.44. The molecule has 0 unspecified atom stereocenters. The average Bonchev–Trinajstić information content (AvgIpc) is 2.62. The number of nitrogens with one attached hydrogen (secondary N) is 1. The van der Waals surface area contributed by atoms with Crippen LogP contribution in [0.3, 0.4) is 0 Å². The molecule has 0 saturated heterocycles. The third-order valence-corrected chi connectivity index (χ3v) is 4.06. The van der Waals surface area contributed by atoms with Crippen LogP contribution >= 0.6 is 11.6 Å². The van der Waals surface area contributed by atoms with Crippen molar-refractivity contribution >= 4 is 29.1 Å². The van der Waals surface area contributed by atoms with Gasteiger partial charge in [-0.1, -0.05) is 17.7 Å². The van der Waals surface area contributed by atoms with E-state index in [-0.39, 0.29) is 11.8 Å². The third kappa shape index (κ3) is 4.51. The van der Waals surface area contributed by atoms with Gasteiger partial charge in [0.2, 0.25) is 0 Å². The first-order valence-electron chi connectivity index (χ1n) is 8.04. The van der Waals surface area contributed by atoms with Crippen LogP contribution in [-0.2, 0) is 0 Å². The second kappa shape index (κ2) is 8.53. The van der Waals surface area contributed by atoms with E-state index in [1.165, 1.54) is 7.11 Å². The van der Waals surface area contributed by atoms with Gasteiger partial charge in [-0.15, -0.1) is 0 Å². The number of nitrogens with zero attached hydrogens (tertiary/aromatic N) is 1. The van der Waals surface area contributed by atoms with Gasteiger partial charge in [0.1, 0.15) is 5.75 Å². The lowest BCUT2D eigenvalue weighted by Gasteiger charge is -2.19. The molecule has 2 rings (SSSR count). The van der Waals surface area contributed by atoms with E-state index in [0.717, 1.165) is 0 Å². The normalized spacial score (nSPS) is 10.2. The van der Waals surface area contributed by atoms with Crippen LogP contribution < -0.4 is 10.1 Å². The van der Waals surface area contributed by atoms with Gasteiger partial charge in [-0.3, -0.25) is 9.59 Å². The first-order chi connectivity index (χ1) is 12.0. The van der Waals surface area contributed by atoms with Gasteiger partial charge >= 0.3 is 0 Å². The number of methoxy groups -OCH3 is 1. The lowest BCUT2D eigenvalue weighted by atomic mass is 10.1. The van der Waals surface area contributed by atoms with Gasteiger partial charge in [0.15, 0.2) is 0 Å². The van der Waals surface area contributed by atoms with Crippen LogP contribution in [0.4, 0.5) is 5.69 Å². The number of carbonyl (C=O) groups is 2. The van der Waals surface area contributed by atoms with Crippen LogP contribution in [0.1, 0.15) is 34.6 Å². The Kier molecular flexibility index (Phi) is 6.42. The van der Waals surface area contributed by atoms with E-state index in [1.54, 1.807) is 47.4 Å². The van der Waals surface area contributed by atoms with Gasteiger partial charge in [0, 0.05) is 29.4 Å². The number of benzene rings is 2. The number of ether oxygens (including phenoxy) is 1. The molecule has 0 aliphatic heterocycles. The van der Waals surface area contributed by atoms with Gasteiger partial charge in [-0.25, -0.2) is 0 Å². The smallest absolute Gasteiger partial charge is 0.259 e. The van der Waals surface area contributed by atoms with E-state index in [4.69, 9.17) is 16.3 Å². The lowest BCUT2D eigenvalue weighted by Crippen LogP contribution is -2.30. The Morgan fingerprint density at radius 2 is 1.84 bits per heavy atom. The summed E-state index contributed by atoms with van der Waals surface area (Å²) < 4.78 is 5.20. The maximum Gasteiger partial charge on any atom is 0.259 e. The summed E-state index contributed by atoms with van der Waals surface area (Å²) in [7, 11) is 1.48. The Morgan fingerprint density at radius 1 is 1.12 bits per heavy atom. The first kappa shape index (κ1) is 18.8. The number of halogens is 1. The lowest BCUT2D eigenvalue weighted by molar-refractivity contribution is 0.0772. The summed E-state index contributed by atoms with van der Waals surface area (Å²) in [6.45, 7) is 5.13. The van der Waals surface area contributed by atoms with Crippen molar-refractivity contribution in [2.75, 3.05) is 25.5 Å². The molecule has 0 atom stereocenters. The minimum Gasteiger partial charge on any atom is -0.496 e. The minimum absolute atomic E-state index is 0.0647. The molecule has 2 aromatic carbocycles. The molecule has 0 bridgehead atoms. The molecule has 0 aliphatic carbocycles. The van der Waals surface area contributed by atoms with Crippen molar-refractivity contribution in [2.24, 2.45) is 0 Å². The standard InChI is InChI=1S/C19H21ClN2O3/c1-4-22(5-2)19(24)13-7-6-8-15(11-13)21-18(23)16-10-9-14(20)12-17(16)25-3/h6-12H,4-5H2,1-3H3,(H,21,23). The molecule has 0 aliphatic rings. The Morgan fingerprint density at radius 3 is 2.48 bits per heavy atom. The Bertz CT molecular complexity index is 773. The highest BCUT2D eigenvalue weighted by molar-refractivity contribution is 6.31. The fraction of sp³-hybridized carbons (Fsp3) is 0.263. The fourth-order valence-electron chi connectivity index (χ4n) is 2.47. The second-order valence-electron chi connectivity index (χ2n) is 5.36. The van der Waals surface area contributed by atoms with E-state index >= 15 is 0 Å². The van der Waals surface area contributed by atoms with Crippen LogP contribution in [0, 0.1) is 0 Å². The van der Waals surface area contributed by atoms with Crippen molar-refractivity contribution in [2.45, 2.75) is 13.8 Å². The average molecular weight is 361 g/mol. The van der Waals surface area contributed by atoms with Crippen molar-refractivity contribution in [1.29, 1.82) is 0 Å². The summed E-state index contributed by atoms with van der Waals surface area (Å²) in [6, 6.07) is 11.7. The SMILES string of the molecule is CCN(CC)C(=O)c1cccc(NC(=O)c2ccc(Cl)cc2OC)c1. The monoisotopic (exact) mass is 360 g/mol. The van der Waals surface area contributed by atoms with E-state index in [2.05, 4.69) is 5.32 Å². The molecule has 0 aromatic heterocycles. The topological polar surface area (TPSA) is 58.6 Å². The molecule has 0 heterocycles. The number of anilines is 1. The van der Waals surface area contributed by atoms with E-state index in [1.807, 2.05) is 13.8 Å². The maximum absolute atomic E-state index is 12.5. The zero-order valence-corrected chi connectivity index (χ0v) is 15.3. The summed E-state index contributed by atoms with van der Waals surface area (Å²) in [5, 5.41) is 3.28. The van der Waals surface area contributed by atoms with Crippen LogP contribution in [-0.4, -0.2) is 36.9 Å². The molecular weight excluding hydrogens is 340 g/mol. The van der Waals surface area contributed by atoms with Gasteiger partial charge < -0.3 is 15.0 Å². The molecule has 5 nitrogen and oxygen atoms in total. The van der Waals surface area contributed by atoms with Crippen LogP contribution in [0.2, 0.25) is 5.02 Å². The van der Waals surface area contributed by atoms with E-state index in [9.17, 15) is 9.59 Å². The van der Waals surface area contributed by atoms with Crippen molar-refractivity contribution in [1.82, 2.24) is 4.90 Å². The Hall–Kier alpha value is -2.53. The molecule has 6 heteroatoms. The van der Waals surface area contributed by atoms with Gasteiger partial charge in [0.25, 0.3) is 11.8 Å². The summed E-state index contributed by atoms with van der Waals surface area (Å²) in [6.07, 6.45) is 0. The molecular formula is C19H21ClN2O3. The predicted octanol–water partition coefficient (Wildman–Crippen LogP) is 4.08. The number of carbonyl (C=O) groups excluding carboxylic acids is 2. The molecule has 0 radical (unpaired) electrons. The third-order valence-electron chi connectivity index (χ3n) is 3.83. The molecule has 0 fully saturated rings. The number of amides is 2. The predicted molar refractivity (Wildman–Crippen MR) is 99.7 cm³/mol. The molecule has 0 saturated carbocycles. The molecule has 1 N–H and O–H groups in total. The van der Waals surface area contributed by atoms with Crippen LogP contribution in [0.15, 0.2) is 42.5 Å². The van der Waals surface area contributed by atoms with Crippen LogP contribution in [0.25, 0.3) is 0 Å². The molecule has 132 valence electrons. The number of hydrogen-bond donors (Lipinski definition) is 1. The van der Waals surface area contributed by atoms with Crippen molar-refractivity contribution in [3.8, 4) is 5.75 Å². The number of hydrogen-bond acceptors (Lipinski definition) is 3. The highest BCUT2D eigenvalue weighted by Crippen LogP contribution is 2.24. The van der Waals surface area contributed by atoms with Crippen molar-refractivity contribution < 1.29 is 14.3 Å². The van der Waals surface area contributed by atoms with Crippen molar-refractivity contribution in [3.63, 3.8) is 0 Å². The summed E-state index contributed by atoms with van der Waals surface area (Å²) >= 11 is 5.92. The maximum atomic E-state index is 12.5. The quantitative estimate of drug-likeness (QED) is 0.844. The first-order valence-corrected chi connectivity index (χ1v) is 8.42. The minimum atomic E-state index is -0.332. The Labute approximate surface area is 152 Å². The summed E-state index contributed by atoms with van der Waals surface area (Å²) in [5.74, 6) is -0.00787. The molecule has 25 heavy (non-hydrogen) atoms. The second-order valence-corrected chi connectivity index (χ2v) is 5.79. The molecule has 2 aromatic rings. The van der Waals surface area contributed by atoms with Gasteiger partial charge in [-0.05, 0) is 50.2 Å². The highest BCUT2D eigenvalue weighted by atomic mass is 35.5. The molecule has 2 amide bonds. The van der Waals surface area contributed by atoms with Gasteiger partial charge in [-0.2, -0.15) is 0 Å². The molecule has 0 spiro atoms. The van der Waals surface area contributed by atoms with E-state index < -0.39 is 0 Å². The van der Waals surface area contributed by atoms with E-state index in [0.29, 0.717) is 40.7 Å². The van der Waals surface area contributed by atoms with Gasteiger partial charge in [0.05, 0.1) is 12.7 Å². The zero-order valence-electron chi connectivity index (χ0n) is 14.5. The summed E-state index contributed by atoms with van der Waals surface area (Å²) in [4.78, 5) is 26.7. The largest absolute Gasteiger partial charge is 0.496 e. The fourth-order valence-corrected chi connectivity index (χ4v) is 2.64. The highest BCUT2D eigenvalue weighted by Gasteiger charge is 2.15. The number of rotatable bonds is 6. The van der Waals surface area contributed by atoms with Crippen LogP contribution in [0.5, 0.6) is 5.75 Å². The van der Waals surface area contributed by atoms with Crippen molar-refractivity contribution in [3.05, 3.63) is 58.6 Å². The Balaban J connectivity index is 2.22.